The topological polar surface area (TPSA) is 24.9 Å². The molecule has 0 radical (unpaired) electrons. The van der Waals surface area contributed by atoms with Gasteiger partial charge in [0, 0.05) is 22.9 Å². The molecule has 2 nitrogen and oxygen atoms in total. The fraction of sp³-hybridized carbons (Fsp3) is 0.667. The Balaban J connectivity index is 1.89. The van der Waals surface area contributed by atoms with Crippen LogP contribution in [0.15, 0.2) is 9.72 Å². The summed E-state index contributed by atoms with van der Waals surface area (Å²) in [6, 6.07) is 0. The van der Waals surface area contributed by atoms with E-state index in [-0.39, 0.29) is 0 Å². The van der Waals surface area contributed by atoms with Gasteiger partial charge < -0.3 is 5.32 Å². The van der Waals surface area contributed by atoms with Crippen LogP contribution in [0.2, 0.25) is 0 Å². The summed E-state index contributed by atoms with van der Waals surface area (Å²) in [5.74, 6) is 0. The van der Waals surface area contributed by atoms with E-state index in [0.29, 0.717) is 0 Å². The largest absolute Gasteiger partial charge is 0.316 e. The summed E-state index contributed by atoms with van der Waals surface area (Å²) in [6.07, 6.45) is 2.64. The zero-order chi connectivity index (χ0) is 9.10. The first kappa shape index (κ1) is 9.49. The molecule has 0 spiro atoms. The third-order valence-corrected chi connectivity index (χ3v) is 4.47. The Bertz CT molecular complexity index is 266. The average molecular weight is 214 g/mol. The predicted molar refractivity (Wildman–Crippen MR) is 58.6 cm³/mol. The van der Waals surface area contributed by atoms with Crippen molar-refractivity contribution < 1.29 is 0 Å². The Morgan fingerprint density at radius 2 is 2.62 bits per heavy atom. The van der Waals surface area contributed by atoms with Crippen molar-refractivity contribution in [2.24, 2.45) is 0 Å². The second kappa shape index (κ2) is 4.44. The minimum absolute atomic E-state index is 0.735. The number of nitrogens with zero attached hydrogens (tertiary/aromatic N) is 1. The van der Waals surface area contributed by atoms with E-state index in [0.717, 1.165) is 17.5 Å². The molecule has 1 saturated heterocycles. The zero-order valence-electron chi connectivity index (χ0n) is 7.75. The van der Waals surface area contributed by atoms with Crippen LogP contribution in [0.4, 0.5) is 0 Å². The highest BCUT2D eigenvalue weighted by Crippen LogP contribution is 2.29. The molecular formula is C9H14N2S2. The molecule has 72 valence electrons. The number of piperidine rings is 1. The molecule has 0 aliphatic carbocycles. The molecule has 0 aromatic carbocycles. The van der Waals surface area contributed by atoms with Crippen LogP contribution in [0.3, 0.4) is 0 Å². The van der Waals surface area contributed by atoms with Gasteiger partial charge >= 0.3 is 0 Å². The van der Waals surface area contributed by atoms with Crippen LogP contribution in [0.5, 0.6) is 0 Å². The van der Waals surface area contributed by atoms with Crippen LogP contribution in [0.1, 0.15) is 18.5 Å². The lowest BCUT2D eigenvalue weighted by Crippen LogP contribution is -2.31. The van der Waals surface area contributed by atoms with Gasteiger partial charge in [0.15, 0.2) is 0 Å². The third-order valence-electron chi connectivity index (χ3n) is 2.12. The van der Waals surface area contributed by atoms with E-state index < -0.39 is 0 Å². The average Bonchev–Trinajstić information content (AvgIpc) is 2.53. The second-order valence-electron chi connectivity index (χ2n) is 3.34. The summed E-state index contributed by atoms with van der Waals surface area (Å²) in [5, 5.41) is 6.28. The first-order valence-electron chi connectivity index (χ1n) is 4.64. The molecule has 0 bridgehead atoms. The molecule has 1 aromatic rings. The first-order chi connectivity index (χ1) is 6.34. The lowest BCUT2D eigenvalue weighted by molar-refractivity contribution is 0.531. The van der Waals surface area contributed by atoms with E-state index in [2.05, 4.69) is 22.6 Å². The maximum Gasteiger partial charge on any atom is 0.150 e. The van der Waals surface area contributed by atoms with Crippen LogP contribution < -0.4 is 5.32 Å². The third kappa shape index (κ3) is 2.69. The molecule has 1 N–H and O–H groups in total. The number of hydrogen-bond donors (Lipinski definition) is 1. The molecule has 1 fully saturated rings. The fourth-order valence-corrected chi connectivity index (χ4v) is 3.71. The molecule has 2 rings (SSSR count). The number of hydrogen-bond acceptors (Lipinski definition) is 4. The van der Waals surface area contributed by atoms with Gasteiger partial charge in [-0.15, -0.1) is 11.3 Å². The van der Waals surface area contributed by atoms with Crippen LogP contribution in [-0.4, -0.2) is 23.3 Å². The van der Waals surface area contributed by atoms with Gasteiger partial charge in [0.25, 0.3) is 0 Å². The Labute approximate surface area is 87.1 Å². The fourth-order valence-electron chi connectivity index (χ4n) is 1.45. The Hall–Kier alpha value is -0.0600. The summed E-state index contributed by atoms with van der Waals surface area (Å²) in [6.45, 7) is 4.39. The molecule has 1 aliphatic heterocycles. The van der Waals surface area contributed by atoms with Crippen LogP contribution in [0, 0.1) is 6.92 Å². The summed E-state index contributed by atoms with van der Waals surface area (Å²) in [4.78, 5) is 4.46. The lowest BCUT2D eigenvalue weighted by atomic mass is 10.2. The van der Waals surface area contributed by atoms with Crippen molar-refractivity contribution in [2.75, 3.05) is 13.1 Å². The van der Waals surface area contributed by atoms with Gasteiger partial charge in [-0.25, -0.2) is 4.98 Å². The summed E-state index contributed by atoms with van der Waals surface area (Å²) < 4.78 is 1.23. The standard InChI is InChI=1S/C9H14N2S2/c1-7-6-12-9(11-7)13-8-3-2-4-10-5-8/h6,8,10H,2-5H2,1H3. The minimum Gasteiger partial charge on any atom is -0.316 e. The van der Waals surface area contributed by atoms with Crippen LogP contribution in [-0.2, 0) is 0 Å². The van der Waals surface area contributed by atoms with Crippen molar-refractivity contribution in [3.05, 3.63) is 11.1 Å². The summed E-state index contributed by atoms with van der Waals surface area (Å²) in [5.41, 5.74) is 1.15. The van der Waals surface area contributed by atoms with Gasteiger partial charge in [-0.2, -0.15) is 0 Å². The molecule has 4 heteroatoms. The monoisotopic (exact) mass is 214 g/mol. The molecule has 2 heterocycles. The molecule has 13 heavy (non-hydrogen) atoms. The van der Waals surface area contributed by atoms with Gasteiger partial charge in [-0.1, -0.05) is 11.8 Å². The van der Waals surface area contributed by atoms with E-state index in [1.165, 1.54) is 23.7 Å². The van der Waals surface area contributed by atoms with Crippen molar-refractivity contribution in [2.45, 2.75) is 29.4 Å². The summed E-state index contributed by atoms with van der Waals surface area (Å²) >= 11 is 3.70. The molecule has 1 atom stereocenters. The number of aryl methyl sites for hydroxylation is 1. The molecule has 0 amide bonds. The normalized spacial score (nSPS) is 23.3. The maximum atomic E-state index is 4.46. The van der Waals surface area contributed by atoms with E-state index in [9.17, 15) is 0 Å². The van der Waals surface area contributed by atoms with Gasteiger partial charge in [-0.3, -0.25) is 0 Å². The molecule has 1 aliphatic rings. The molecular weight excluding hydrogens is 200 g/mol. The smallest absolute Gasteiger partial charge is 0.150 e. The quantitative estimate of drug-likeness (QED) is 0.817. The molecule has 0 saturated carbocycles. The van der Waals surface area contributed by atoms with E-state index in [1.807, 2.05) is 11.8 Å². The van der Waals surface area contributed by atoms with Crippen molar-refractivity contribution in [1.29, 1.82) is 0 Å². The number of thiazole rings is 1. The highest BCUT2D eigenvalue weighted by Gasteiger charge is 2.15. The van der Waals surface area contributed by atoms with Crippen molar-refractivity contribution in [1.82, 2.24) is 10.3 Å². The van der Waals surface area contributed by atoms with Gasteiger partial charge in [0.1, 0.15) is 4.34 Å². The number of aromatic nitrogens is 1. The molecule has 1 unspecified atom stereocenters. The molecule has 1 aromatic heterocycles. The van der Waals surface area contributed by atoms with Crippen LogP contribution in [0.25, 0.3) is 0 Å². The van der Waals surface area contributed by atoms with Crippen molar-refractivity contribution in [3.63, 3.8) is 0 Å². The van der Waals surface area contributed by atoms with Gasteiger partial charge in [0.05, 0.1) is 0 Å². The van der Waals surface area contributed by atoms with Gasteiger partial charge in [0.2, 0.25) is 0 Å². The van der Waals surface area contributed by atoms with E-state index in [4.69, 9.17) is 0 Å². The Morgan fingerprint density at radius 3 is 3.23 bits per heavy atom. The first-order valence-corrected chi connectivity index (χ1v) is 6.40. The van der Waals surface area contributed by atoms with E-state index in [1.54, 1.807) is 11.3 Å². The Morgan fingerprint density at radius 1 is 1.69 bits per heavy atom. The number of rotatable bonds is 2. The lowest BCUT2D eigenvalue weighted by Gasteiger charge is -2.20. The number of nitrogens with one attached hydrogen (secondary N) is 1. The predicted octanol–water partition coefficient (Wildman–Crippen LogP) is 2.30. The number of thioether (sulfide) groups is 1. The second-order valence-corrected chi connectivity index (χ2v) is 5.75. The van der Waals surface area contributed by atoms with E-state index >= 15 is 0 Å². The van der Waals surface area contributed by atoms with Crippen LogP contribution >= 0.6 is 23.1 Å². The SMILES string of the molecule is Cc1csc(SC2CCCNC2)n1. The van der Waals surface area contributed by atoms with Gasteiger partial charge in [-0.05, 0) is 26.3 Å². The highest BCUT2D eigenvalue weighted by atomic mass is 32.2. The minimum atomic E-state index is 0.735. The van der Waals surface area contributed by atoms with Crippen molar-refractivity contribution in [3.8, 4) is 0 Å². The zero-order valence-corrected chi connectivity index (χ0v) is 9.38. The summed E-state index contributed by atoms with van der Waals surface area (Å²) in [7, 11) is 0. The Kier molecular flexibility index (Phi) is 3.24. The van der Waals surface area contributed by atoms with Crippen molar-refractivity contribution >= 4 is 23.1 Å². The maximum absolute atomic E-state index is 4.46. The highest BCUT2D eigenvalue weighted by molar-refractivity contribution is 8.01.